The average Bonchev–Trinajstić information content (AvgIpc) is 2.35. The van der Waals surface area contributed by atoms with Gasteiger partial charge in [0.1, 0.15) is 6.61 Å². The molecule has 0 aliphatic carbocycles. The predicted molar refractivity (Wildman–Crippen MR) is 71.9 cm³/mol. The third kappa shape index (κ3) is 4.49. The van der Waals surface area contributed by atoms with Crippen LogP contribution < -0.4 is 14.8 Å². The third-order valence-corrected chi connectivity index (χ3v) is 2.28. The lowest BCUT2D eigenvalue weighted by molar-refractivity contribution is -0.119. The molecule has 0 saturated heterocycles. The van der Waals surface area contributed by atoms with Crippen molar-refractivity contribution in [1.29, 1.82) is 0 Å². The van der Waals surface area contributed by atoms with Crippen molar-refractivity contribution in [3.63, 3.8) is 0 Å². The zero-order valence-corrected chi connectivity index (χ0v) is 11.0. The van der Waals surface area contributed by atoms with Crippen LogP contribution in [0.5, 0.6) is 11.5 Å². The summed E-state index contributed by atoms with van der Waals surface area (Å²) in [6, 6.07) is 5.73. The number of ether oxygens (including phenoxy) is 2. The quantitative estimate of drug-likeness (QED) is 0.786. The summed E-state index contributed by atoms with van der Waals surface area (Å²) in [7, 11) is 1.61. The summed E-state index contributed by atoms with van der Waals surface area (Å²) in [5.41, 5.74) is 1.06. The summed E-state index contributed by atoms with van der Waals surface area (Å²) in [5.74, 6) is 1.30. The van der Waals surface area contributed by atoms with E-state index in [9.17, 15) is 4.79 Å². The van der Waals surface area contributed by atoms with Crippen LogP contribution in [0.4, 0.5) is 0 Å². The molecule has 0 bridgehead atoms. The second kappa shape index (κ2) is 7.37. The van der Waals surface area contributed by atoms with Gasteiger partial charge >= 0.3 is 0 Å². The first kappa shape index (κ1) is 14.1. The van der Waals surface area contributed by atoms with Gasteiger partial charge in [-0.25, -0.2) is 0 Å². The van der Waals surface area contributed by atoms with E-state index in [-0.39, 0.29) is 5.91 Å². The highest BCUT2D eigenvalue weighted by Gasteiger charge is 2.04. The normalized spacial score (nSPS) is 10.4. The van der Waals surface area contributed by atoms with E-state index < -0.39 is 0 Å². The van der Waals surface area contributed by atoms with Crippen LogP contribution in [0.2, 0.25) is 0 Å². The molecule has 0 aliphatic heterocycles. The Kier molecular flexibility index (Phi) is 5.77. The van der Waals surface area contributed by atoms with E-state index in [0.717, 1.165) is 5.56 Å². The van der Waals surface area contributed by atoms with Crippen LogP contribution >= 0.6 is 0 Å². The van der Waals surface area contributed by atoms with Crippen molar-refractivity contribution < 1.29 is 14.3 Å². The molecule has 0 radical (unpaired) electrons. The maximum Gasteiger partial charge on any atom is 0.216 e. The molecule has 0 unspecified atom stereocenters. The van der Waals surface area contributed by atoms with Gasteiger partial charge in [0.25, 0.3) is 0 Å². The number of hydrogen-bond donors (Lipinski definition) is 1. The van der Waals surface area contributed by atoms with Gasteiger partial charge in [-0.2, -0.15) is 0 Å². The number of benzene rings is 1. The van der Waals surface area contributed by atoms with Crippen molar-refractivity contribution in [2.45, 2.75) is 13.8 Å². The molecule has 1 aromatic rings. The molecule has 4 heteroatoms. The number of amides is 1. The molecule has 4 nitrogen and oxygen atoms in total. The zero-order chi connectivity index (χ0) is 13.4. The predicted octanol–water partition coefficient (Wildman–Crippen LogP) is 2.24. The van der Waals surface area contributed by atoms with E-state index in [1.54, 1.807) is 7.11 Å². The molecule has 1 N–H and O–H groups in total. The van der Waals surface area contributed by atoms with E-state index >= 15 is 0 Å². The Morgan fingerprint density at radius 2 is 2.17 bits per heavy atom. The van der Waals surface area contributed by atoms with Crippen LogP contribution in [-0.4, -0.2) is 26.2 Å². The number of methoxy groups -OCH3 is 1. The highest BCUT2D eigenvalue weighted by molar-refractivity contribution is 5.72. The second-order valence-electron chi connectivity index (χ2n) is 3.74. The fraction of sp³-hybridized carbons (Fsp3) is 0.357. The summed E-state index contributed by atoms with van der Waals surface area (Å²) in [6.45, 7) is 4.34. The van der Waals surface area contributed by atoms with Gasteiger partial charge in [-0.3, -0.25) is 4.79 Å². The average molecular weight is 249 g/mol. The van der Waals surface area contributed by atoms with Crippen LogP contribution in [0.15, 0.2) is 24.3 Å². The zero-order valence-electron chi connectivity index (χ0n) is 11.0. The lowest BCUT2D eigenvalue weighted by Gasteiger charge is -2.11. The van der Waals surface area contributed by atoms with Crippen molar-refractivity contribution >= 4 is 12.0 Å². The Morgan fingerprint density at radius 3 is 2.78 bits per heavy atom. The van der Waals surface area contributed by atoms with Gasteiger partial charge in [-0.15, -0.1) is 0 Å². The molecule has 1 amide bonds. The maximum atomic E-state index is 10.7. The standard InChI is InChI=1S/C14H19NO3/c1-4-5-12-6-7-13(14(10-12)17-3)18-9-8-15-11(2)16/h4-7,10H,8-9H2,1-3H3,(H,15,16). The highest BCUT2D eigenvalue weighted by atomic mass is 16.5. The molecule has 0 atom stereocenters. The second-order valence-corrected chi connectivity index (χ2v) is 3.74. The topological polar surface area (TPSA) is 47.6 Å². The number of rotatable bonds is 6. The Labute approximate surface area is 108 Å². The SMILES string of the molecule is CC=Cc1ccc(OCCNC(C)=O)c(OC)c1. The molecule has 0 spiro atoms. The number of carbonyl (C=O) groups is 1. The molecule has 0 fully saturated rings. The van der Waals surface area contributed by atoms with Gasteiger partial charge in [0.05, 0.1) is 13.7 Å². The molecule has 18 heavy (non-hydrogen) atoms. The summed E-state index contributed by atoms with van der Waals surface area (Å²) < 4.78 is 10.8. The van der Waals surface area contributed by atoms with E-state index in [2.05, 4.69) is 5.32 Å². The van der Waals surface area contributed by atoms with Gasteiger partial charge < -0.3 is 14.8 Å². The third-order valence-electron chi connectivity index (χ3n) is 2.28. The monoisotopic (exact) mass is 249 g/mol. The van der Waals surface area contributed by atoms with Crippen molar-refractivity contribution in [2.24, 2.45) is 0 Å². The molecule has 98 valence electrons. The molecule has 1 rings (SSSR count). The van der Waals surface area contributed by atoms with Crippen LogP contribution in [0.25, 0.3) is 6.08 Å². The van der Waals surface area contributed by atoms with Crippen molar-refractivity contribution in [1.82, 2.24) is 5.32 Å². The lowest BCUT2D eigenvalue weighted by Crippen LogP contribution is -2.25. The van der Waals surface area contributed by atoms with Crippen molar-refractivity contribution in [3.05, 3.63) is 29.8 Å². The van der Waals surface area contributed by atoms with E-state index in [4.69, 9.17) is 9.47 Å². The van der Waals surface area contributed by atoms with Crippen LogP contribution in [0.1, 0.15) is 19.4 Å². The number of allylic oxidation sites excluding steroid dienone is 1. The first-order valence-corrected chi connectivity index (χ1v) is 5.85. The van der Waals surface area contributed by atoms with Gasteiger partial charge in [-0.05, 0) is 24.6 Å². The van der Waals surface area contributed by atoms with Gasteiger partial charge in [0.2, 0.25) is 5.91 Å². The maximum absolute atomic E-state index is 10.7. The first-order chi connectivity index (χ1) is 8.67. The van der Waals surface area contributed by atoms with Crippen LogP contribution in [0, 0.1) is 0 Å². The van der Waals surface area contributed by atoms with E-state index in [0.29, 0.717) is 24.7 Å². The molecule has 0 heterocycles. The Morgan fingerprint density at radius 1 is 1.39 bits per heavy atom. The minimum absolute atomic E-state index is 0.0611. The summed E-state index contributed by atoms with van der Waals surface area (Å²) in [6.07, 6.45) is 3.95. The van der Waals surface area contributed by atoms with Crippen molar-refractivity contribution in [2.75, 3.05) is 20.3 Å². The van der Waals surface area contributed by atoms with Gasteiger partial charge in [-0.1, -0.05) is 18.2 Å². The Bertz CT molecular complexity index is 427. The van der Waals surface area contributed by atoms with Crippen LogP contribution in [-0.2, 0) is 4.79 Å². The fourth-order valence-electron chi connectivity index (χ4n) is 1.49. The molecule has 0 aromatic heterocycles. The molecule has 0 aliphatic rings. The highest BCUT2D eigenvalue weighted by Crippen LogP contribution is 2.28. The van der Waals surface area contributed by atoms with Gasteiger partial charge in [0.15, 0.2) is 11.5 Å². The molecular formula is C14H19NO3. The largest absolute Gasteiger partial charge is 0.493 e. The molecular weight excluding hydrogens is 230 g/mol. The molecule has 0 saturated carbocycles. The van der Waals surface area contributed by atoms with Crippen molar-refractivity contribution in [3.8, 4) is 11.5 Å². The summed E-state index contributed by atoms with van der Waals surface area (Å²) >= 11 is 0. The van der Waals surface area contributed by atoms with Crippen LogP contribution in [0.3, 0.4) is 0 Å². The Balaban J connectivity index is 2.62. The number of nitrogens with one attached hydrogen (secondary N) is 1. The number of hydrogen-bond acceptors (Lipinski definition) is 3. The summed E-state index contributed by atoms with van der Waals surface area (Å²) in [5, 5.41) is 2.67. The van der Waals surface area contributed by atoms with E-state index in [1.165, 1.54) is 6.92 Å². The minimum Gasteiger partial charge on any atom is -0.493 e. The number of carbonyl (C=O) groups excluding carboxylic acids is 1. The lowest BCUT2D eigenvalue weighted by atomic mass is 10.2. The first-order valence-electron chi connectivity index (χ1n) is 5.85. The fourth-order valence-corrected chi connectivity index (χ4v) is 1.49. The minimum atomic E-state index is -0.0611. The summed E-state index contributed by atoms with van der Waals surface area (Å²) in [4.78, 5) is 10.7. The Hall–Kier alpha value is -1.97. The van der Waals surface area contributed by atoms with E-state index in [1.807, 2.05) is 37.3 Å². The molecule has 1 aromatic carbocycles. The smallest absolute Gasteiger partial charge is 0.216 e. The van der Waals surface area contributed by atoms with Gasteiger partial charge in [0, 0.05) is 6.92 Å².